The average molecular weight is 392 g/mol. The van der Waals surface area contributed by atoms with Crippen LogP contribution in [0.3, 0.4) is 0 Å². The molecule has 0 spiro atoms. The van der Waals surface area contributed by atoms with Gasteiger partial charge in [0.1, 0.15) is 11.4 Å². The van der Waals surface area contributed by atoms with Crippen LogP contribution < -0.4 is 61.8 Å². The van der Waals surface area contributed by atoms with E-state index in [9.17, 15) is 24.6 Å². The molecule has 1 aromatic rings. The number of carboxylic acid groups (broad SMARTS) is 1. The molecule has 0 radical (unpaired) electrons. The number of hydrogen-bond acceptors (Lipinski definition) is 7. The Morgan fingerprint density at radius 1 is 1.46 bits per heavy atom. The van der Waals surface area contributed by atoms with Crippen molar-refractivity contribution in [1.29, 1.82) is 0 Å². The van der Waals surface area contributed by atoms with Crippen LogP contribution in [0.4, 0.5) is 0 Å². The van der Waals surface area contributed by atoms with Gasteiger partial charge in [0, 0.05) is 10.6 Å². The molecule has 1 aromatic heterocycles. The normalized spacial score (nSPS) is 22.4. The zero-order valence-corrected chi connectivity index (χ0v) is 17.6. The van der Waals surface area contributed by atoms with Crippen LogP contribution in [0.15, 0.2) is 28.8 Å². The van der Waals surface area contributed by atoms with Crippen molar-refractivity contribution in [1.82, 2.24) is 10.2 Å². The van der Waals surface area contributed by atoms with Crippen molar-refractivity contribution < 1.29 is 76.0 Å². The van der Waals surface area contributed by atoms with Crippen molar-refractivity contribution in [3.8, 4) is 0 Å². The second-order valence-electron chi connectivity index (χ2n) is 5.11. The van der Waals surface area contributed by atoms with Crippen molar-refractivity contribution >= 4 is 40.9 Å². The molecule has 2 amide bonds. The summed E-state index contributed by atoms with van der Waals surface area (Å²) in [5, 5.41) is 24.5. The maximum Gasteiger partial charge on any atom is 1.00 e. The number of carbonyl (C=O) groups excluding carboxylic acids is 3. The average Bonchev–Trinajstić information content (AvgIpc) is 3.03. The third-order valence-electron chi connectivity index (χ3n) is 3.66. The zero-order chi connectivity index (χ0) is 16.6. The zero-order valence-electron chi connectivity index (χ0n) is 12.9. The Bertz CT molecular complexity index is 691. The van der Waals surface area contributed by atoms with Gasteiger partial charge in [-0.3, -0.25) is 14.5 Å². The van der Waals surface area contributed by atoms with Gasteiger partial charge in [-0.25, -0.2) is 0 Å². The van der Waals surface area contributed by atoms with Crippen LogP contribution in [0.1, 0.15) is 4.88 Å². The van der Waals surface area contributed by atoms with Gasteiger partial charge < -0.3 is 20.3 Å². The molecule has 3 heterocycles. The molecule has 2 aliphatic rings. The fourth-order valence-corrected chi connectivity index (χ4v) is 4.63. The predicted molar refractivity (Wildman–Crippen MR) is 82.2 cm³/mol. The maximum absolute atomic E-state index is 12.2. The number of aliphatic hydroxyl groups is 1. The fraction of sp³-hybridized carbons (Fsp3) is 0.357. The van der Waals surface area contributed by atoms with Crippen LogP contribution >= 0.6 is 23.1 Å². The van der Waals surface area contributed by atoms with Crippen LogP contribution in [0, 0.1) is 0 Å². The Morgan fingerprint density at radius 3 is 2.79 bits per heavy atom. The number of aliphatic carboxylic acids is 1. The standard InChI is InChI=1S/C14H14N2O5S2.K/c17-5-7-6-23-13-10(12(19)16(13)11(7)14(20)21)15-9(18)4-8-2-1-3-22-8;/h1-3,10,13,17H,4-6H2,(H,15,18)(H,20,21);/q;+1/p-1/t10-,13+;/m0./s1. The Kier molecular flexibility index (Phi) is 7.08. The molecule has 1 saturated heterocycles. The topological polar surface area (TPSA) is 110 Å². The summed E-state index contributed by atoms with van der Waals surface area (Å²) in [6.45, 7) is -0.442. The number of aliphatic hydroxyl groups excluding tert-OH is 1. The van der Waals surface area contributed by atoms with Crippen molar-refractivity contribution in [2.75, 3.05) is 12.4 Å². The summed E-state index contributed by atoms with van der Waals surface area (Å²) in [6, 6.07) is 2.93. The molecular weight excluding hydrogens is 379 g/mol. The van der Waals surface area contributed by atoms with E-state index in [2.05, 4.69) is 5.32 Å². The first-order valence-corrected chi connectivity index (χ1v) is 8.76. The van der Waals surface area contributed by atoms with Crippen molar-refractivity contribution in [3.05, 3.63) is 33.7 Å². The molecule has 2 atom stereocenters. The smallest absolute Gasteiger partial charge is 0.543 e. The summed E-state index contributed by atoms with van der Waals surface area (Å²) in [6.07, 6.45) is 0.184. The van der Waals surface area contributed by atoms with Gasteiger partial charge >= 0.3 is 51.4 Å². The summed E-state index contributed by atoms with van der Waals surface area (Å²) in [4.78, 5) is 37.4. The molecule has 7 nitrogen and oxygen atoms in total. The summed E-state index contributed by atoms with van der Waals surface area (Å²) in [5.74, 6) is -1.98. The third-order valence-corrected chi connectivity index (χ3v) is 5.88. The second-order valence-corrected chi connectivity index (χ2v) is 7.25. The minimum absolute atomic E-state index is 0. The second kappa shape index (κ2) is 8.45. The molecular formula is C14H13KN2O5S2. The van der Waals surface area contributed by atoms with E-state index in [1.807, 2.05) is 17.5 Å². The van der Waals surface area contributed by atoms with E-state index in [4.69, 9.17) is 0 Å². The van der Waals surface area contributed by atoms with Gasteiger partial charge in [0.2, 0.25) is 5.91 Å². The van der Waals surface area contributed by atoms with Crippen LogP contribution in [0.5, 0.6) is 0 Å². The van der Waals surface area contributed by atoms with Crippen molar-refractivity contribution in [2.45, 2.75) is 17.8 Å². The third kappa shape index (κ3) is 3.80. The molecule has 0 aromatic carbocycles. The number of nitrogens with zero attached hydrogens (tertiary/aromatic N) is 1. The van der Waals surface area contributed by atoms with E-state index in [-0.39, 0.29) is 80.7 Å². The molecule has 0 aliphatic carbocycles. The van der Waals surface area contributed by atoms with Crippen molar-refractivity contribution in [2.24, 2.45) is 0 Å². The van der Waals surface area contributed by atoms with Gasteiger partial charge in [-0.15, -0.1) is 23.1 Å². The molecule has 1 fully saturated rings. The van der Waals surface area contributed by atoms with Gasteiger partial charge in [-0.2, -0.15) is 0 Å². The van der Waals surface area contributed by atoms with E-state index < -0.39 is 29.9 Å². The first-order valence-electron chi connectivity index (χ1n) is 6.83. The van der Waals surface area contributed by atoms with Crippen LogP contribution in [0.25, 0.3) is 0 Å². The Balaban J connectivity index is 0.00000208. The summed E-state index contributed by atoms with van der Waals surface area (Å²) in [5.41, 5.74) is -0.0204. The minimum Gasteiger partial charge on any atom is -0.543 e. The first-order chi connectivity index (χ1) is 11.0. The molecule has 24 heavy (non-hydrogen) atoms. The van der Waals surface area contributed by atoms with Gasteiger partial charge in [-0.1, -0.05) is 6.07 Å². The molecule has 3 rings (SSSR count). The van der Waals surface area contributed by atoms with Crippen molar-refractivity contribution in [3.63, 3.8) is 0 Å². The van der Waals surface area contributed by atoms with Crippen LogP contribution in [0.2, 0.25) is 0 Å². The number of hydrogen-bond donors (Lipinski definition) is 2. The first kappa shape index (κ1) is 20.1. The molecule has 2 aliphatic heterocycles. The molecule has 0 bridgehead atoms. The quantitative estimate of drug-likeness (QED) is 0.388. The molecule has 2 N–H and O–H groups in total. The summed E-state index contributed by atoms with van der Waals surface area (Å²) >= 11 is 2.77. The molecule has 10 heteroatoms. The van der Waals surface area contributed by atoms with Gasteiger partial charge in [0.05, 0.1) is 24.7 Å². The molecule has 0 saturated carbocycles. The number of amides is 2. The van der Waals surface area contributed by atoms with E-state index in [0.717, 1.165) is 9.78 Å². The van der Waals surface area contributed by atoms with Gasteiger partial charge in [0.15, 0.2) is 0 Å². The Labute approximate surface area is 188 Å². The maximum atomic E-state index is 12.2. The number of carbonyl (C=O) groups is 3. The summed E-state index contributed by atoms with van der Waals surface area (Å²) < 4.78 is 0. The Morgan fingerprint density at radius 2 is 2.21 bits per heavy atom. The van der Waals surface area contributed by atoms with Crippen LogP contribution in [-0.2, 0) is 20.8 Å². The molecule has 122 valence electrons. The monoisotopic (exact) mass is 392 g/mol. The number of thioether (sulfide) groups is 1. The number of nitrogens with one attached hydrogen (secondary N) is 1. The molecule has 0 unspecified atom stereocenters. The predicted octanol–water partition coefficient (Wildman–Crippen LogP) is -4.31. The van der Waals surface area contributed by atoms with E-state index in [1.165, 1.54) is 23.1 Å². The number of fused-ring (bicyclic) bond motifs is 1. The number of β-lactam (4-membered cyclic amide) rings is 1. The van der Waals surface area contributed by atoms with E-state index in [0.29, 0.717) is 0 Å². The van der Waals surface area contributed by atoms with Gasteiger partial charge in [0.25, 0.3) is 5.91 Å². The largest absolute Gasteiger partial charge is 1.00 e. The van der Waals surface area contributed by atoms with Crippen LogP contribution in [-0.4, -0.2) is 51.6 Å². The van der Waals surface area contributed by atoms with Gasteiger partial charge in [-0.05, 0) is 17.0 Å². The number of rotatable bonds is 5. The number of thiophene rings is 1. The number of carboxylic acids is 1. The Hall–Kier alpha value is -0.204. The van der Waals surface area contributed by atoms with E-state index >= 15 is 0 Å². The SMILES string of the molecule is O=C(Cc1cccs1)N[C@H]1C(=O)N2C(C(=O)[O-])=C(CO)CS[C@H]12.[K+]. The summed E-state index contributed by atoms with van der Waals surface area (Å²) in [7, 11) is 0. The fourth-order valence-electron chi connectivity index (χ4n) is 2.59. The van der Waals surface area contributed by atoms with E-state index in [1.54, 1.807) is 0 Å². The minimum atomic E-state index is -1.49.